The summed E-state index contributed by atoms with van der Waals surface area (Å²) in [5.41, 5.74) is 0.794. The molecule has 1 heterocycles. The highest BCUT2D eigenvalue weighted by Gasteiger charge is 2.13. The molecule has 1 amide bonds. The van der Waals surface area contributed by atoms with E-state index in [0.29, 0.717) is 0 Å². The maximum atomic E-state index is 14.1. The first-order chi connectivity index (χ1) is 12.5. The zero-order valence-electron chi connectivity index (χ0n) is 14.6. The van der Waals surface area contributed by atoms with Crippen LogP contribution in [-0.4, -0.2) is 34.8 Å². The minimum Gasteiger partial charge on any atom is -0.449 e. The Morgan fingerprint density at radius 3 is 2.73 bits per heavy atom. The lowest BCUT2D eigenvalue weighted by atomic mass is 9.88. The molecule has 0 aliphatic rings. The van der Waals surface area contributed by atoms with Gasteiger partial charge in [-0.15, -0.1) is 0 Å². The van der Waals surface area contributed by atoms with E-state index in [0.717, 1.165) is 41.1 Å². The van der Waals surface area contributed by atoms with Gasteiger partial charge < -0.3 is 9.76 Å². The Hall–Kier alpha value is -2.68. The van der Waals surface area contributed by atoms with Crippen LogP contribution in [0.3, 0.4) is 0 Å². The van der Waals surface area contributed by atoms with Crippen molar-refractivity contribution in [3.63, 3.8) is 0 Å². The number of benzene rings is 1. The molecule has 138 valence electrons. The summed E-state index contributed by atoms with van der Waals surface area (Å²) < 4.78 is 20.1. The lowest BCUT2D eigenvalue weighted by molar-refractivity contribution is 0.159. The van der Waals surface area contributed by atoms with Crippen molar-refractivity contribution in [2.45, 2.75) is 32.7 Å². The average molecular weight is 361 g/mol. The summed E-state index contributed by atoms with van der Waals surface area (Å²) in [6, 6.07) is 6.90. The monoisotopic (exact) mass is 361 g/mol. The van der Waals surface area contributed by atoms with Gasteiger partial charge in [-0.25, -0.2) is 14.0 Å². The summed E-state index contributed by atoms with van der Waals surface area (Å²) in [7, 11) is -0.0781. The van der Waals surface area contributed by atoms with Crippen LogP contribution >= 0.6 is 0 Å². The van der Waals surface area contributed by atoms with Gasteiger partial charge in [0, 0.05) is 6.20 Å². The van der Waals surface area contributed by atoms with Crippen LogP contribution in [0.5, 0.6) is 0 Å². The molecular weight excluding hydrogens is 340 g/mol. The van der Waals surface area contributed by atoms with Gasteiger partial charge in [0.1, 0.15) is 0 Å². The molecule has 26 heavy (non-hydrogen) atoms. The Labute approximate surface area is 151 Å². The molecule has 0 aliphatic carbocycles. The molecule has 0 bridgehead atoms. The smallest absolute Gasteiger partial charge is 0.412 e. The average Bonchev–Trinajstić information content (AvgIpc) is 2.63. The van der Waals surface area contributed by atoms with Gasteiger partial charge in [-0.3, -0.25) is 9.88 Å². The fourth-order valence-corrected chi connectivity index (χ4v) is 2.26. The second-order valence-electron chi connectivity index (χ2n) is 5.79. The Bertz CT molecular complexity index is 796. The second-order valence-corrected chi connectivity index (χ2v) is 5.79. The van der Waals surface area contributed by atoms with Crippen molar-refractivity contribution >= 4 is 24.9 Å². The normalized spacial score (nSPS) is 10.4. The first kappa shape index (κ1) is 19.6. The SMILES string of the molecule is CCCCCOC(=O)Nc1nc(=O)n(Cc2ccc(BO)cc2)cc1F. The highest BCUT2D eigenvalue weighted by atomic mass is 19.1. The van der Waals surface area contributed by atoms with E-state index in [9.17, 15) is 14.0 Å². The molecule has 2 N–H and O–H groups in total. The fourth-order valence-electron chi connectivity index (χ4n) is 2.26. The number of carbonyl (C=O) groups excluding carboxylic acids is 1. The third-order valence-corrected chi connectivity index (χ3v) is 3.71. The van der Waals surface area contributed by atoms with Crippen LogP contribution in [0, 0.1) is 5.82 Å². The molecule has 1 aromatic heterocycles. The first-order valence-electron chi connectivity index (χ1n) is 8.43. The van der Waals surface area contributed by atoms with Crippen molar-refractivity contribution in [1.82, 2.24) is 9.55 Å². The van der Waals surface area contributed by atoms with Gasteiger partial charge >= 0.3 is 19.3 Å². The van der Waals surface area contributed by atoms with E-state index in [1.54, 1.807) is 24.3 Å². The molecular formula is C17H21BFN3O4. The van der Waals surface area contributed by atoms with E-state index in [4.69, 9.17) is 9.76 Å². The Balaban J connectivity index is 2.02. The van der Waals surface area contributed by atoms with Crippen LogP contribution in [0.25, 0.3) is 0 Å². The van der Waals surface area contributed by atoms with Crippen LogP contribution in [0.1, 0.15) is 31.7 Å². The van der Waals surface area contributed by atoms with Crippen LogP contribution < -0.4 is 16.5 Å². The number of nitrogens with one attached hydrogen (secondary N) is 1. The largest absolute Gasteiger partial charge is 0.449 e. The summed E-state index contributed by atoms with van der Waals surface area (Å²) in [4.78, 5) is 27.2. The summed E-state index contributed by atoms with van der Waals surface area (Å²) >= 11 is 0. The van der Waals surface area contributed by atoms with Crippen LogP contribution in [0.2, 0.25) is 0 Å². The minimum absolute atomic E-state index is 0.0781. The standard InChI is InChI=1S/C17H21BFN3O4/c1-2-3-4-9-26-17(24)21-15-14(19)11-22(16(23)20-15)10-12-5-7-13(18-25)8-6-12/h5-8,11,18,25H,2-4,9-10H2,1H3,(H,20,21,23,24). The summed E-state index contributed by atoms with van der Waals surface area (Å²) in [6.07, 6.45) is 2.78. The number of amides is 1. The molecule has 0 atom stereocenters. The van der Waals surface area contributed by atoms with Crippen molar-refractivity contribution < 1.29 is 18.9 Å². The van der Waals surface area contributed by atoms with E-state index in [-0.39, 0.29) is 20.6 Å². The number of anilines is 1. The van der Waals surface area contributed by atoms with E-state index in [1.807, 2.05) is 6.92 Å². The van der Waals surface area contributed by atoms with Crippen LogP contribution in [-0.2, 0) is 11.3 Å². The second kappa shape index (κ2) is 9.72. The predicted molar refractivity (Wildman–Crippen MR) is 97.5 cm³/mol. The van der Waals surface area contributed by atoms with E-state index < -0.39 is 23.4 Å². The van der Waals surface area contributed by atoms with E-state index in [2.05, 4.69) is 10.3 Å². The lowest BCUT2D eigenvalue weighted by Crippen LogP contribution is -2.27. The van der Waals surface area contributed by atoms with Gasteiger partial charge in [0.25, 0.3) is 0 Å². The van der Waals surface area contributed by atoms with Gasteiger partial charge in [0.05, 0.1) is 13.2 Å². The van der Waals surface area contributed by atoms with Gasteiger partial charge in [0.2, 0.25) is 0 Å². The Kier molecular flexibility index (Phi) is 7.34. The number of halogens is 1. The van der Waals surface area contributed by atoms with Crippen molar-refractivity contribution in [3.05, 3.63) is 52.3 Å². The molecule has 0 saturated carbocycles. The van der Waals surface area contributed by atoms with Gasteiger partial charge in [-0.2, -0.15) is 4.98 Å². The number of hydrogen-bond donors (Lipinski definition) is 2. The van der Waals surface area contributed by atoms with Crippen LogP contribution in [0.15, 0.2) is 35.3 Å². The molecule has 0 saturated heterocycles. The highest BCUT2D eigenvalue weighted by molar-refractivity contribution is 6.45. The van der Waals surface area contributed by atoms with E-state index >= 15 is 0 Å². The van der Waals surface area contributed by atoms with E-state index in [1.165, 1.54) is 0 Å². The zero-order valence-corrected chi connectivity index (χ0v) is 14.6. The van der Waals surface area contributed by atoms with Crippen LogP contribution in [0.4, 0.5) is 15.0 Å². The molecule has 7 nitrogen and oxygen atoms in total. The molecule has 2 aromatic rings. The van der Waals surface area contributed by atoms with Gasteiger partial charge in [-0.05, 0) is 12.0 Å². The minimum atomic E-state index is -0.843. The molecule has 0 radical (unpaired) electrons. The maximum Gasteiger partial charge on any atom is 0.412 e. The zero-order chi connectivity index (χ0) is 18.9. The highest BCUT2D eigenvalue weighted by Crippen LogP contribution is 2.09. The molecule has 0 unspecified atom stereocenters. The molecule has 0 spiro atoms. The van der Waals surface area contributed by atoms with Crippen molar-refractivity contribution in [2.75, 3.05) is 11.9 Å². The number of rotatable bonds is 8. The summed E-state index contributed by atoms with van der Waals surface area (Å²) in [6.45, 7) is 2.37. The molecule has 2 rings (SSSR count). The first-order valence-corrected chi connectivity index (χ1v) is 8.43. The fraction of sp³-hybridized carbons (Fsp3) is 0.353. The number of aromatic nitrogens is 2. The Morgan fingerprint density at radius 2 is 2.08 bits per heavy atom. The molecule has 0 aliphatic heterocycles. The summed E-state index contributed by atoms with van der Waals surface area (Å²) in [5, 5.41) is 11.2. The number of unbranched alkanes of at least 4 members (excludes halogenated alkanes) is 2. The third kappa shape index (κ3) is 5.70. The van der Waals surface area contributed by atoms with Crippen molar-refractivity contribution in [3.8, 4) is 0 Å². The maximum absolute atomic E-state index is 14.1. The quantitative estimate of drug-likeness (QED) is 0.543. The molecule has 9 heteroatoms. The number of carbonyl (C=O) groups is 1. The summed E-state index contributed by atoms with van der Waals surface area (Å²) in [5.74, 6) is -1.29. The topological polar surface area (TPSA) is 93.5 Å². The van der Waals surface area contributed by atoms with Crippen molar-refractivity contribution in [2.24, 2.45) is 0 Å². The molecule has 1 aromatic carbocycles. The number of nitrogens with zero attached hydrogens (tertiary/aromatic N) is 2. The number of hydrogen-bond acceptors (Lipinski definition) is 5. The lowest BCUT2D eigenvalue weighted by Gasteiger charge is -2.10. The molecule has 0 fully saturated rings. The van der Waals surface area contributed by atoms with Gasteiger partial charge in [0.15, 0.2) is 11.6 Å². The third-order valence-electron chi connectivity index (χ3n) is 3.71. The predicted octanol–water partition coefficient (Wildman–Crippen LogP) is 1.14. The Morgan fingerprint density at radius 1 is 1.35 bits per heavy atom. The number of ether oxygens (including phenoxy) is 1. The van der Waals surface area contributed by atoms with Gasteiger partial charge in [-0.1, -0.05) is 49.5 Å². The van der Waals surface area contributed by atoms with Crippen molar-refractivity contribution in [1.29, 1.82) is 0 Å².